The van der Waals surface area contributed by atoms with Crippen LogP contribution in [-0.2, 0) is 17.3 Å². The molecule has 1 aliphatic rings. The van der Waals surface area contributed by atoms with Gasteiger partial charge < -0.3 is 11.1 Å². The molecule has 1 saturated carbocycles. The minimum atomic E-state index is -3.30. The highest BCUT2D eigenvalue weighted by molar-refractivity contribution is 7.73. The maximum absolute atomic E-state index is 15.1. The van der Waals surface area contributed by atoms with E-state index in [0.717, 1.165) is 36.7 Å². The van der Waals surface area contributed by atoms with E-state index in [1.165, 1.54) is 19.2 Å². The normalized spacial score (nSPS) is 13.2. The molecule has 2 aromatic carbocycles. The topological polar surface area (TPSA) is 117 Å². The van der Waals surface area contributed by atoms with Crippen molar-refractivity contribution in [2.24, 2.45) is 5.73 Å². The van der Waals surface area contributed by atoms with Crippen LogP contribution in [0.2, 0.25) is 0 Å². The molecule has 1 aromatic heterocycles. The molecule has 1 heterocycles. The van der Waals surface area contributed by atoms with E-state index in [-0.39, 0.29) is 17.2 Å². The second-order valence-corrected chi connectivity index (χ2v) is 9.02. The molecule has 0 saturated heterocycles. The quantitative estimate of drug-likeness (QED) is 0.194. The second kappa shape index (κ2) is 10.1. The molecule has 190 valence electrons. The number of halogens is 4. The number of nitrogens with two attached hydrogens (primary N) is 1. The lowest BCUT2D eigenvalue weighted by molar-refractivity contribution is 0.100. The van der Waals surface area contributed by atoms with Gasteiger partial charge in [0.05, 0.1) is 16.9 Å². The number of aromatic nitrogens is 1. The molecule has 8 nitrogen and oxygen atoms in total. The zero-order chi connectivity index (χ0) is 26.1. The van der Waals surface area contributed by atoms with Crippen molar-refractivity contribution in [3.8, 4) is 0 Å². The molecule has 0 radical (unpaired) electrons. The average molecular weight is 524 g/mol. The lowest BCUT2D eigenvalue weighted by Gasteiger charge is -2.18. The summed E-state index contributed by atoms with van der Waals surface area (Å²) in [4.78, 5) is 15.7. The Kier molecular flexibility index (Phi) is 7.13. The zero-order valence-electron chi connectivity index (χ0n) is 18.8. The number of nitrogens with one attached hydrogen (secondary N) is 2. The van der Waals surface area contributed by atoms with Crippen molar-refractivity contribution in [1.82, 2.24) is 10.4 Å². The number of benzene rings is 2. The number of hydrazine groups is 1. The van der Waals surface area contributed by atoms with E-state index in [0.29, 0.717) is 4.41 Å². The number of primary amides is 1. The van der Waals surface area contributed by atoms with E-state index < -0.39 is 69.1 Å². The molecule has 1 amide bonds. The van der Waals surface area contributed by atoms with Gasteiger partial charge in [-0.1, -0.05) is 6.07 Å². The van der Waals surface area contributed by atoms with Gasteiger partial charge in [-0.2, -0.15) is 4.41 Å². The maximum Gasteiger partial charge on any atom is 0.250 e. The van der Waals surface area contributed by atoms with Gasteiger partial charge in [-0.3, -0.25) is 4.79 Å². The number of anilines is 3. The van der Waals surface area contributed by atoms with Gasteiger partial charge in [-0.05, 0) is 59.7 Å². The van der Waals surface area contributed by atoms with Crippen molar-refractivity contribution in [1.29, 1.82) is 0 Å². The summed E-state index contributed by atoms with van der Waals surface area (Å²) in [6.07, 6.45) is 2.41. The van der Waals surface area contributed by atoms with Crippen LogP contribution in [0.3, 0.4) is 0 Å². The molecular weight excluding hydrogens is 502 g/mol. The number of amides is 1. The molecule has 1 aliphatic carbocycles. The summed E-state index contributed by atoms with van der Waals surface area (Å²) in [7, 11) is -2.08. The number of nitrogens with zero attached hydrogens (tertiary/aromatic N) is 2. The SMILES string of the molecule is CNN(c1nccc(Cc2cc(C(N)=O)c(Nc3ccc(C4CC4)cc3F)c(F)c2F)c1F)[SH](=O)=O. The molecule has 0 atom stereocenters. The predicted octanol–water partition coefficient (Wildman–Crippen LogP) is 3.42. The van der Waals surface area contributed by atoms with Gasteiger partial charge in [0.1, 0.15) is 5.82 Å². The summed E-state index contributed by atoms with van der Waals surface area (Å²) in [5.41, 5.74) is 6.41. The summed E-state index contributed by atoms with van der Waals surface area (Å²) in [6, 6.07) is 6.39. The first-order valence-corrected chi connectivity index (χ1v) is 11.9. The fourth-order valence-electron chi connectivity index (χ4n) is 3.79. The number of hydrogen-bond donors (Lipinski definition) is 4. The van der Waals surface area contributed by atoms with Crippen molar-refractivity contribution >= 4 is 34.0 Å². The minimum Gasteiger partial charge on any atom is -0.366 e. The second-order valence-electron chi connectivity index (χ2n) is 8.15. The summed E-state index contributed by atoms with van der Waals surface area (Å²) in [5, 5.41) is 2.41. The Bertz CT molecular complexity index is 1420. The highest BCUT2D eigenvalue weighted by Gasteiger charge is 2.26. The summed E-state index contributed by atoms with van der Waals surface area (Å²) in [6.45, 7) is 0. The first-order valence-electron chi connectivity index (χ1n) is 10.7. The van der Waals surface area contributed by atoms with Crippen LogP contribution < -0.4 is 20.9 Å². The third-order valence-corrected chi connectivity index (χ3v) is 6.47. The van der Waals surface area contributed by atoms with Gasteiger partial charge >= 0.3 is 0 Å². The first kappa shape index (κ1) is 25.4. The Morgan fingerprint density at radius 2 is 1.81 bits per heavy atom. The summed E-state index contributed by atoms with van der Waals surface area (Å²) < 4.78 is 82.8. The van der Waals surface area contributed by atoms with Crippen LogP contribution in [-0.4, -0.2) is 26.4 Å². The third kappa shape index (κ3) is 4.97. The van der Waals surface area contributed by atoms with E-state index in [4.69, 9.17) is 5.73 Å². The summed E-state index contributed by atoms with van der Waals surface area (Å²) in [5.74, 6) is -6.22. The minimum absolute atomic E-state index is 0.184. The molecule has 13 heteroatoms. The highest BCUT2D eigenvalue weighted by Crippen LogP contribution is 2.41. The Morgan fingerprint density at radius 3 is 2.39 bits per heavy atom. The Balaban J connectivity index is 1.71. The monoisotopic (exact) mass is 523 g/mol. The lowest BCUT2D eigenvalue weighted by Crippen LogP contribution is -2.35. The number of thiol groups is 1. The molecule has 4 rings (SSSR count). The van der Waals surface area contributed by atoms with Crippen LogP contribution >= 0.6 is 0 Å². The molecule has 0 aliphatic heterocycles. The number of carbonyl (C=O) groups excluding carboxylic acids is 1. The van der Waals surface area contributed by atoms with E-state index in [2.05, 4.69) is 15.7 Å². The van der Waals surface area contributed by atoms with Gasteiger partial charge in [0.15, 0.2) is 23.3 Å². The fraction of sp³-hybridized carbons (Fsp3) is 0.217. The van der Waals surface area contributed by atoms with Crippen LogP contribution in [0.4, 0.5) is 34.8 Å². The van der Waals surface area contributed by atoms with E-state index in [1.807, 2.05) is 0 Å². The van der Waals surface area contributed by atoms with Crippen LogP contribution in [0.1, 0.15) is 45.8 Å². The van der Waals surface area contributed by atoms with Crippen molar-refractivity contribution in [3.05, 3.63) is 82.1 Å². The third-order valence-electron chi connectivity index (χ3n) is 5.76. The average Bonchev–Trinajstić information content (AvgIpc) is 3.67. The van der Waals surface area contributed by atoms with Crippen LogP contribution in [0.5, 0.6) is 0 Å². The van der Waals surface area contributed by atoms with E-state index >= 15 is 8.78 Å². The van der Waals surface area contributed by atoms with Crippen LogP contribution in [0, 0.1) is 23.3 Å². The zero-order valence-corrected chi connectivity index (χ0v) is 19.7. The smallest absolute Gasteiger partial charge is 0.250 e. The van der Waals surface area contributed by atoms with Crippen molar-refractivity contribution in [2.45, 2.75) is 25.2 Å². The Morgan fingerprint density at radius 1 is 1.08 bits per heavy atom. The van der Waals surface area contributed by atoms with Crippen molar-refractivity contribution < 1.29 is 30.8 Å². The van der Waals surface area contributed by atoms with Crippen molar-refractivity contribution in [3.63, 3.8) is 0 Å². The number of carbonyl (C=O) groups is 1. The molecule has 3 aromatic rings. The van der Waals surface area contributed by atoms with Gasteiger partial charge in [-0.25, -0.2) is 36.4 Å². The maximum atomic E-state index is 15.1. The van der Waals surface area contributed by atoms with Crippen molar-refractivity contribution in [2.75, 3.05) is 16.8 Å². The fourth-order valence-corrected chi connectivity index (χ4v) is 4.24. The van der Waals surface area contributed by atoms with Gasteiger partial charge in [0, 0.05) is 19.7 Å². The lowest BCUT2D eigenvalue weighted by atomic mass is 9.99. The van der Waals surface area contributed by atoms with Crippen LogP contribution in [0.15, 0.2) is 36.5 Å². The largest absolute Gasteiger partial charge is 0.366 e. The highest BCUT2D eigenvalue weighted by atomic mass is 32.2. The standard InChI is InChI=1S/C23H21F4N5O3S/c1-29-32(36(34)35)23-19(26)13(6-7-30-23)8-14-9-15(22(28)33)21(20(27)18(14)25)31-17-5-4-12(10-16(17)24)11-2-3-11/h4-7,9-11,29,31,36H,2-3,8H2,1H3,(H2,28,33). The van der Waals surface area contributed by atoms with Gasteiger partial charge in [0.2, 0.25) is 10.9 Å². The molecule has 1 fully saturated rings. The molecule has 0 spiro atoms. The molecular formula is C23H21F4N5O3S. The summed E-state index contributed by atoms with van der Waals surface area (Å²) >= 11 is 0. The number of pyridine rings is 1. The van der Waals surface area contributed by atoms with Crippen LogP contribution in [0.25, 0.3) is 0 Å². The van der Waals surface area contributed by atoms with Gasteiger partial charge in [0.25, 0.3) is 5.91 Å². The number of rotatable bonds is 9. The predicted molar refractivity (Wildman–Crippen MR) is 125 cm³/mol. The van der Waals surface area contributed by atoms with Gasteiger partial charge in [-0.15, -0.1) is 0 Å². The Labute approximate surface area is 205 Å². The number of hydrogen-bond acceptors (Lipinski definition) is 6. The first-order chi connectivity index (χ1) is 17.1. The molecule has 0 bridgehead atoms. The molecule has 0 unspecified atom stereocenters. The molecule has 36 heavy (non-hydrogen) atoms. The molecule has 4 N–H and O–H groups in total. The van der Waals surface area contributed by atoms with E-state index in [9.17, 15) is 22.0 Å². The Hall–Kier alpha value is -3.71. The van der Waals surface area contributed by atoms with E-state index in [1.54, 1.807) is 6.07 Å².